The molecule has 1 aliphatic rings. The van der Waals surface area contributed by atoms with Crippen molar-refractivity contribution < 1.29 is 18.3 Å². The first-order valence-electron chi connectivity index (χ1n) is 6.24. The maximum Gasteiger partial charge on any atom is 0.321 e. The van der Waals surface area contributed by atoms with Crippen molar-refractivity contribution in [1.29, 1.82) is 0 Å². The highest BCUT2D eigenvalue weighted by atomic mass is 32.2. The Morgan fingerprint density at radius 1 is 1.24 bits per heavy atom. The molecule has 0 heterocycles. The lowest BCUT2D eigenvalue weighted by molar-refractivity contribution is -0.136. The van der Waals surface area contributed by atoms with Crippen LogP contribution < -0.4 is 0 Å². The molecule has 1 N–H and O–H groups in total. The Labute approximate surface area is 103 Å². The average molecular weight is 262 g/mol. The van der Waals surface area contributed by atoms with Gasteiger partial charge in [0.15, 0.2) is 15.1 Å². The molecule has 1 fully saturated rings. The fourth-order valence-corrected chi connectivity index (χ4v) is 5.32. The second-order valence-electron chi connectivity index (χ2n) is 5.36. The average Bonchev–Trinajstić information content (AvgIpc) is 2.15. The van der Waals surface area contributed by atoms with Crippen molar-refractivity contribution in [1.82, 2.24) is 0 Å². The molecule has 3 atom stereocenters. The number of carboxylic acids is 1. The van der Waals surface area contributed by atoms with E-state index in [4.69, 9.17) is 5.11 Å². The van der Waals surface area contributed by atoms with Gasteiger partial charge in [0.25, 0.3) is 0 Å². The van der Waals surface area contributed by atoms with Crippen molar-refractivity contribution in [3.63, 3.8) is 0 Å². The molecule has 0 radical (unpaired) electrons. The van der Waals surface area contributed by atoms with Gasteiger partial charge in [0.2, 0.25) is 0 Å². The first-order valence-corrected chi connectivity index (χ1v) is 7.85. The lowest BCUT2D eigenvalue weighted by Crippen LogP contribution is -2.40. The Kier molecular flexibility index (Phi) is 4.58. The summed E-state index contributed by atoms with van der Waals surface area (Å²) in [6, 6.07) is 0. The van der Waals surface area contributed by atoms with Crippen molar-refractivity contribution in [3.05, 3.63) is 0 Å². The van der Waals surface area contributed by atoms with E-state index in [2.05, 4.69) is 0 Å². The molecule has 0 aromatic carbocycles. The zero-order valence-electron chi connectivity index (χ0n) is 10.7. The molecular weight excluding hydrogens is 240 g/mol. The van der Waals surface area contributed by atoms with E-state index >= 15 is 0 Å². The molecular formula is C12H22O4S. The summed E-state index contributed by atoms with van der Waals surface area (Å²) in [7, 11) is -3.54. The number of hydrogen-bond donors (Lipinski definition) is 1. The van der Waals surface area contributed by atoms with Crippen LogP contribution in [0.1, 0.15) is 46.5 Å². The summed E-state index contributed by atoms with van der Waals surface area (Å²) in [6.45, 7) is 5.70. The Bertz CT molecular complexity index is 364. The standard InChI is InChI=1S/C12H22O4S/c1-4-11(12(13)14)17(15,16)10-6-8(2)5-9(3)7-10/h8-11H,4-7H2,1-3H3,(H,13,14). The monoisotopic (exact) mass is 262 g/mol. The van der Waals surface area contributed by atoms with Gasteiger partial charge in [-0.3, -0.25) is 4.79 Å². The van der Waals surface area contributed by atoms with Crippen LogP contribution >= 0.6 is 0 Å². The predicted molar refractivity (Wildman–Crippen MR) is 66.6 cm³/mol. The molecule has 5 heteroatoms. The molecule has 0 saturated heterocycles. The van der Waals surface area contributed by atoms with Crippen molar-refractivity contribution >= 4 is 15.8 Å². The lowest BCUT2D eigenvalue weighted by Gasteiger charge is -2.32. The molecule has 0 bridgehead atoms. The fraction of sp³-hybridized carbons (Fsp3) is 0.917. The smallest absolute Gasteiger partial charge is 0.321 e. The minimum absolute atomic E-state index is 0.150. The van der Waals surface area contributed by atoms with Crippen molar-refractivity contribution in [2.24, 2.45) is 11.8 Å². The third kappa shape index (κ3) is 3.21. The minimum atomic E-state index is -3.54. The van der Waals surface area contributed by atoms with E-state index in [-0.39, 0.29) is 6.42 Å². The zero-order valence-corrected chi connectivity index (χ0v) is 11.5. The predicted octanol–water partition coefficient (Wildman–Crippen LogP) is 2.09. The molecule has 4 nitrogen and oxygen atoms in total. The molecule has 0 aromatic heterocycles. The van der Waals surface area contributed by atoms with Gasteiger partial charge in [-0.15, -0.1) is 0 Å². The lowest BCUT2D eigenvalue weighted by atomic mass is 9.83. The quantitative estimate of drug-likeness (QED) is 0.842. The van der Waals surface area contributed by atoms with Gasteiger partial charge in [0.05, 0.1) is 5.25 Å². The number of carboxylic acid groups (broad SMARTS) is 1. The minimum Gasteiger partial charge on any atom is -0.480 e. The summed E-state index contributed by atoms with van der Waals surface area (Å²) >= 11 is 0. The van der Waals surface area contributed by atoms with Gasteiger partial charge in [-0.05, 0) is 37.5 Å². The number of hydrogen-bond acceptors (Lipinski definition) is 3. The second kappa shape index (κ2) is 5.38. The summed E-state index contributed by atoms with van der Waals surface area (Å²) in [6.07, 6.45) is 2.40. The molecule has 0 aliphatic heterocycles. The zero-order chi connectivity index (χ0) is 13.2. The highest BCUT2D eigenvalue weighted by Crippen LogP contribution is 2.34. The third-order valence-electron chi connectivity index (χ3n) is 3.64. The molecule has 3 unspecified atom stereocenters. The van der Waals surface area contributed by atoms with Crippen molar-refractivity contribution in [2.75, 3.05) is 0 Å². The van der Waals surface area contributed by atoms with Gasteiger partial charge in [0, 0.05) is 0 Å². The van der Waals surface area contributed by atoms with E-state index in [1.165, 1.54) is 0 Å². The normalized spacial score (nSPS) is 32.1. The summed E-state index contributed by atoms with van der Waals surface area (Å²) in [4.78, 5) is 11.0. The largest absolute Gasteiger partial charge is 0.480 e. The fourth-order valence-electron chi connectivity index (χ4n) is 2.92. The molecule has 17 heavy (non-hydrogen) atoms. The SMILES string of the molecule is CCC(C(=O)O)S(=O)(=O)C1CC(C)CC(C)C1. The highest BCUT2D eigenvalue weighted by molar-refractivity contribution is 7.93. The van der Waals surface area contributed by atoms with E-state index < -0.39 is 26.3 Å². The molecule has 1 rings (SSSR count). The van der Waals surface area contributed by atoms with Gasteiger partial charge in [0.1, 0.15) is 0 Å². The molecule has 0 spiro atoms. The second-order valence-corrected chi connectivity index (χ2v) is 7.78. The number of carbonyl (C=O) groups is 1. The summed E-state index contributed by atoms with van der Waals surface area (Å²) in [5.41, 5.74) is 0. The van der Waals surface area contributed by atoms with Gasteiger partial charge in [-0.2, -0.15) is 0 Å². The van der Waals surface area contributed by atoms with Crippen molar-refractivity contribution in [2.45, 2.75) is 57.0 Å². The van der Waals surface area contributed by atoms with Crippen LogP contribution in [0.5, 0.6) is 0 Å². The van der Waals surface area contributed by atoms with Crippen LogP contribution in [0.15, 0.2) is 0 Å². The molecule has 1 saturated carbocycles. The summed E-state index contributed by atoms with van der Waals surface area (Å²) in [5.74, 6) is -0.479. The van der Waals surface area contributed by atoms with E-state index in [0.717, 1.165) is 6.42 Å². The first kappa shape index (κ1) is 14.5. The van der Waals surface area contributed by atoms with E-state index in [1.807, 2.05) is 13.8 Å². The van der Waals surface area contributed by atoms with Crippen LogP contribution in [0.25, 0.3) is 0 Å². The van der Waals surface area contributed by atoms with Gasteiger partial charge in [-0.25, -0.2) is 8.42 Å². The van der Waals surface area contributed by atoms with Crippen LogP contribution in [0.4, 0.5) is 0 Å². The molecule has 0 aromatic rings. The maximum absolute atomic E-state index is 12.3. The Balaban J connectivity index is 2.93. The maximum atomic E-state index is 12.3. The van der Waals surface area contributed by atoms with E-state index in [0.29, 0.717) is 24.7 Å². The Morgan fingerprint density at radius 2 is 1.71 bits per heavy atom. The number of rotatable bonds is 4. The summed E-state index contributed by atoms with van der Waals surface area (Å²) < 4.78 is 24.5. The third-order valence-corrected chi connectivity index (χ3v) is 6.28. The van der Waals surface area contributed by atoms with Crippen LogP contribution in [-0.2, 0) is 14.6 Å². The Hall–Kier alpha value is -0.580. The molecule has 100 valence electrons. The first-order chi connectivity index (χ1) is 7.78. The Morgan fingerprint density at radius 3 is 2.06 bits per heavy atom. The van der Waals surface area contributed by atoms with Gasteiger partial charge in [-0.1, -0.05) is 20.8 Å². The van der Waals surface area contributed by atoms with Crippen molar-refractivity contribution in [3.8, 4) is 0 Å². The van der Waals surface area contributed by atoms with E-state index in [9.17, 15) is 13.2 Å². The highest BCUT2D eigenvalue weighted by Gasteiger charge is 2.40. The van der Waals surface area contributed by atoms with Crippen LogP contribution in [-0.4, -0.2) is 30.0 Å². The molecule has 1 aliphatic carbocycles. The van der Waals surface area contributed by atoms with Crippen LogP contribution in [0.2, 0.25) is 0 Å². The molecule has 0 amide bonds. The topological polar surface area (TPSA) is 71.4 Å². The van der Waals surface area contributed by atoms with Crippen LogP contribution in [0, 0.1) is 11.8 Å². The van der Waals surface area contributed by atoms with Crippen LogP contribution in [0.3, 0.4) is 0 Å². The summed E-state index contributed by atoms with van der Waals surface area (Å²) in [5, 5.41) is 7.29. The number of aliphatic carboxylic acids is 1. The van der Waals surface area contributed by atoms with E-state index in [1.54, 1.807) is 6.92 Å². The number of sulfone groups is 1. The van der Waals surface area contributed by atoms with Gasteiger partial charge >= 0.3 is 5.97 Å². The van der Waals surface area contributed by atoms with Gasteiger partial charge < -0.3 is 5.11 Å².